The van der Waals surface area contributed by atoms with Crippen LogP contribution in [0.3, 0.4) is 0 Å². The fourth-order valence-electron chi connectivity index (χ4n) is 2.19. The van der Waals surface area contributed by atoms with Crippen LogP contribution in [0.2, 0.25) is 0 Å². The molecule has 0 aliphatic carbocycles. The van der Waals surface area contributed by atoms with Crippen molar-refractivity contribution in [1.29, 1.82) is 0 Å². The molecule has 1 fully saturated rings. The average molecular weight is 267 g/mol. The molecule has 0 aromatic carbocycles. The molecule has 1 aliphatic heterocycles. The molecule has 1 aliphatic rings. The second kappa shape index (κ2) is 5.52. The van der Waals surface area contributed by atoms with Gasteiger partial charge in [0.15, 0.2) is 0 Å². The average Bonchev–Trinajstić information content (AvgIpc) is 2.84. The number of hydrogen-bond donors (Lipinski definition) is 0. The molecular formula is C13H17NO3S. The van der Waals surface area contributed by atoms with Crippen molar-refractivity contribution < 1.29 is 14.3 Å². The van der Waals surface area contributed by atoms with E-state index in [9.17, 15) is 9.59 Å². The third kappa shape index (κ3) is 2.72. The van der Waals surface area contributed by atoms with Gasteiger partial charge in [-0.05, 0) is 31.9 Å². The maximum absolute atomic E-state index is 12.2. The van der Waals surface area contributed by atoms with Crippen molar-refractivity contribution in [2.24, 2.45) is 5.92 Å². The molecule has 0 bridgehead atoms. The summed E-state index contributed by atoms with van der Waals surface area (Å²) in [6.07, 6.45) is 1.39. The molecule has 1 saturated heterocycles. The molecular weight excluding hydrogens is 250 g/mol. The Labute approximate surface area is 111 Å². The summed E-state index contributed by atoms with van der Waals surface area (Å²) in [7, 11) is 1.41. The number of carbonyl (C=O) groups is 2. The lowest BCUT2D eigenvalue weighted by atomic mass is 9.97. The molecule has 1 aromatic rings. The van der Waals surface area contributed by atoms with E-state index in [0.29, 0.717) is 25.9 Å². The highest BCUT2D eigenvalue weighted by Crippen LogP contribution is 2.22. The van der Waals surface area contributed by atoms with Gasteiger partial charge >= 0.3 is 5.97 Å². The summed E-state index contributed by atoms with van der Waals surface area (Å²) in [5.41, 5.74) is 0. The number of carbonyl (C=O) groups excluding carboxylic acids is 2. The molecule has 0 atom stereocenters. The van der Waals surface area contributed by atoms with Gasteiger partial charge in [0, 0.05) is 18.0 Å². The highest BCUT2D eigenvalue weighted by Gasteiger charge is 2.28. The van der Waals surface area contributed by atoms with Crippen LogP contribution in [0.4, 0.5) is 0 Å². The maximum Gasteiger partial charge on any atom is 0.308 e. The number of piperidine rings is 1. The van der Waals surface area contributed by atoms with Crippen molar-refractivity contribution in [1.82, 2.24) is 4.90 Å². The van der Waals surface area contributed by atoms with Gasteiger partial charge in [-0.25, -0.2) is 0 Å². The Kier molecular flexibility index (Phi) is 4.01. The largest absolute Gasteiger partial charge is 0.469 e. The van der Waals surface area contributed by atoms with Crippen LogP contribution in [-0.4, -0.2) is 37.0 Å². The normalized spacial score (nSPS) is 16.7. The van der Waals surface area contributed by atoms with Crippen LogP contribution >= 0.6 is 11.3 Å². The Morgan fingerprint density at radius 3 is 2.50 bits per heavy atom. The molecule has 2 heterocycles. The van der Waals surface area contributed by atoms with E-state index in [-0.39, 0.29) is 17.8 Å². The van der Waals surface area contributed by atoms with E-state index in [1.807, 2.05) is 24.0 Å². The van der Waals surface area contributed by atoms with Crippen molar-refractivity contribution in [2.75, 3.05) is 20.2 Å². The Morgan fingerprint density at radius 2 is 2.00 bits per heavy atom. The van der Waals surface area contributed by atoms with Crippen LogP contribution in [0.1, 0.15) is 27.4 Å². The van der Waals surface area contributed by atoms with Gasteiger partial charge in [-0.1, -0.05) is 0 Å². The summed E-state index contributed by atoms with van der Waals surface area (Å²) < 4.78 is 4.73. The predicted octanol–water partition coefficient (Wildman–Crippen LogP) is 2.08. The number of amides is 1. The number of esters is 1. The lowest BCUT2D eigenvalue weighted by Crippen LogP contribution is -2.40. The summed E-state index contributed by atoms with van der Waals surface area (Å²) in [6.45, 7) is 3.26. The van der Waals surface area contributed by atoms with Crippen LogP contribution in [0, 0.1) is 12.8 Å². The first kappa shape index (κ1) is 13.1. The zero-order valence-electron chi connectivity index (χ0n) is 10.6. The fraction of sp³-hybridized carbons (Fsp3) is 0.538. The summed E-state index contributed by atoms with van der Waals surface area (Å²) in [5, 5.41) is 0. The van der Waals surface area contributed by atoms with Gasteiger partial charge in [0.05, 0.1) is 17.9 Å². The number of nitrogens with zero attached hydrogens (tertiary/aromatic N) is 1. The smallest absolute Gasteiger partial charge is 0.308 e. The second-order valence-corrected chi connectivity index (χ2v) is 5.79. The Morgan fingerprint density at radius 1 is 1.33 bits per heavy atom. The first-order valence-electron chi connectivity index (χ1n) is 6.05. The fourth-order valence-corrected chi connectivity index (χ4v) is 3.03. The van der Waals surface area contributed by atoms with Gasteiger partial charge in [0.25, 0.3) is 5.91 Å². The molecule has 1 aromatic heterocycles. The monoisotopic (exact) mass is 267 g/mol. The second-order valence-electron chi connectivity index (χ2n) is 4.50. The summed E-state index contributed by atoms with van der Waals surface area (Å²) >= 11 is 1.52. The number of hydrogen-bond acceptors (Lipinski definition) is 4. The molecule has 5 heteroatoms. The van der Waals surface area contributed by atoms with Crippen LogP contribution < -0.4 is 0 Å². The number of aryl methyl sites for hydroxylation is 1. The Hall–Kier alpha value is -1.36. The van der Waals surface area contributed by atoms with Gasteiger partial charge < -0.3 is 9.64 Å². The zero-order valence-corrected chi connectivity index (χ0v) is 11.5. The molecule has 0 saturated carbocycles. The minimum atomic E-state index is -0.158. The molecule has 98 valence electrons. The highest BCUT2D eigenvalue weighted by atomic mass is 32.1. The van der Waals surface area contributed by atoms with Gasteiger partial charge in [-0.15, -0.1) is 11.3 Å². The third-order valence-electron chi connectivity index (χ3n) is 3.27. The standard InChI is InChI=1S/C13H17NO3S/c1-9-3-4-11(18-9)12(15)14-7-5-10(6-8-14)13(16)17-2/h3-4,10H,5-8H2,1-2H3. The van der Waals surface area contributed by atoms with Gasteiger partial charge in [-0.3, -0.25) is 9.59 Å². The number of ether oxygens (including phenoxy) is 1. The lowest BCUT2D eigenvalue weighted by Gasteiger charge is -2.30. The van der Waals surface area contributed by atoms with E-state index in [1.165, 1.54) is 18.4 Å². The Bertz CT molecular complexity index is 447. The van der Waals surface area contributed by atoms with Gasteiger partial charge in [-0.2, -0.15) is 0 Å². The molecule has 1 amide bonds. The van der Waals surface area contributed by atoms with Crippen molar-refractivity contribution in [3.05, 3.63) is 21.9 Å². The first-order chi connectivity index (χ1) is 8.61. The molecule has 2 rings (SSSR count). The van der Waals surface area contributed by atoms with Crippen molar-refractivity contribution in [3.63, 3.8) is 0 Å². The van der Waals surface area contributed by atoms with Crippen LogP contribution in [0.15, 0.2) is 12.1 Å². The zero-order chi connectivity index (χ0) is 13.1. The maximum atomic E-state index is 12.2. The van der Waals surface area contributed by atoms with Crippen LogP contribution in [0.5, 0.6) is 0 Å². The van der Waals surface area contributed by atoms with E-state index in [4.69, 9.17) is 4.74 Å². The SMILES string of the molecule is COC(=O)C1CCN(C(=O)c2ccc(C)s2)CC1. The first-order valence-corrected chi connectivity index (χ1v) is 6.87. The van der Waals surface area contributed by atoms with Gasteiger partial charge in [0.2, 0.25) is 0 Å². The molecule has 4 nitrogen and oxygen atoms in total. The molecule has 18 heavy (non-hydrogen) atoms. The van der Waals surface area contributed by atoms with Crippen molar-refractivity contribution in [2.45, 2.75) is 19.8 Å². The van der Waals surface area contributed by atoms with E-state index in [1.54, 1.807) is 0 Å². The number of methoxy groups -OCH3 is 1. The van der Waals surface area contributed by atoms with E-state index < -0.39 is 0 Å². The highest BCUT2D eigenvalue weighted by molar-refractivity contribution is 7.13. The number of thiophene rings is 1. The van der Waals surface area contributed by atoms with Crippen LogP contribution in [0.25, 0.3) is 0 Å². The minimum absolute atomic E-state index is 0.0517. The quantitative estimate of drug-likeness (QED) is 0.771. The molecule has 0 spiro atoms. The van der Waals surface area contributed by atoms with Crippen molar-refractivity contribution >= 4 is 23.2 Å². The summed E-state index contributed by atoms with van der Waals surface area (Å²) in [6, 6.07) is 3.83. The summed E-state index contributed by atoms with van der Waals surface area (Å²) in [5.74, 6) is -0.130. The summed E-state index contributed by atoms with van der Waals surface area (Å²) in [4.78, 5) is 27.3. The number of rotatable bonds is 2. The van der Waals surface area contributed by atoms with Crippen LogP contribution in [-0.2, 0) is 9.53 Å². The Balaban J connectivity index is 1.94. The number of likely N-dealkylation sites (tertiary alicyclic amines) is 1. The van der Waals surface area contributed by atoms with Gasteiger partial charge in [0.1, 0.15) is 0 Å². The third-order valence-corrected chi connectivity index (χ3v) is 4.26. The molecule has 0 radical (unpaired) electrons. The van der Waals surface area contributed by atoms with E-state index >= 15 is 0 Å². The topological polar surface area (TPSA) is 46.6 Å². The molecule has 0 N–H and O–H groups in total. The molecule has 0 unspecified atom stereocenters. The van der Waals surface area contributed by atoms with Crippen molar-refractivity contribution in [3.8, 4) is 0 Å². The van der Waals surface area contributed by atoms with E-state index in [2.05, 4.69) is 0 Å². The van der Waals surface area contributed by atoms with E-state index in [0.717, 1.165) is 9.75 Å². The predicted molar refractivity (Wildman–Crippen MR) is 69.7 cm³/mol. The minimum Gasteiger partial charge on any atom is -0.469 e. The lowest BCUT2D eigenvalue weighted by molar-refractivity contribution is -0.146.